The van der Waals surface area contributed by atoms with Gasteiger partial charge in [-0.1, -0.05) is 0 Å². The number of nitrogens with two attached hydrogens (primary N) is 1. The monoisotopic (exact) mass is 166 g/mol. The smallest absolute Gasteiger partial charge is 0.323 e. The van der Waals surface area contributed by atoms with Crippen LogP contribution in [0.1, 0.15) is 6.42 Å². The summed E-state index contributed by atoms with van der Waals surface area (Å²) in [6, 6.07) is 1.74. The Balaban J connectivity index is 2.47. The van der Waals surface area contributed by atoms with Gasteiger partial charge < -0.3 is 10.6 Å². The lowest BCUT2D eigenvalue weighted by Crippen LogP contribution is -2.45. The van der Waals surface area contributed by atoms with Crippen LogP contribution in [0.4, 0.5) is 4.79 Å². The third-order valence-electron chi connectivity index (χ3n) is 1.56. The van der Waals surface area contributed by atoms with Gasteiger partial charge in [0, 0.05) is 13.1 Å². The van der Waals surface area contributed by atoms with Gasteiger partial charge in [0.05, 0.1) is 12.5 Å². The minimum atomic E-state index is -0.231. The van der Waals surface area contributed by atoms with Gasteiger partial charge in [-0.25, -0.2) is 4.79 Å². The number of urea groups is 1. The third-order valence-corrected chi connectivity index (χ3v) is 1.56. The molecular formula is C7H10N4O. The zero-order chi connectivity index (χ0) is 8.97. The fraction of sp³-hybridized carbons (Fsp3) is 0.429. The summed E-state index contributed by atoms with van der Waals surface area (Å²) in [5, 5.41) is 10.7. The highest BCUT2D eigenvalue weighted by Crippen LogP contribution is 1.99. The fourth-order valence-electron chi connectivity index (χ4n) is 0.923. The van der Waals surface area contributed by atoms with Crippen LogP contribution in [-0.2, 0) is 0 Å². The van der Waals surface area contributed by atoms with E-state index >= 15 is 0 Å². The molecule has 1 heterocycles. The van der Waals surface area contributed by atoms with Gasteiger partial charge in [0.1, 0.15) is 5.82 Å². The van der Waals surface area contributed by atoms with Crippen molar-refractivity contribution in [2.24, 2.45) is 5.73 Å². The van der Waals surface area contributed by atoms with Crippen LogP contribution in [0, 0.1) is 11.3 Å². The van der Waals surface area contributed by atoms with Gasteiger partial charge in [0.25, 0.3) is 0 Å². The molecule has 3 N–H and O–H groups in total. The second-order valence-electron chi connectivity index (χ2n) is 2.44. The van der Waals surface area contributed by atoms with Gasteiger partial charge in [-0.2, -0.15) is 5.26 Å². The zero-order valence-corrected chi connectivity index (χ0v) is 6.58. The summed E-state index contributed by atoms with van der Waals surface area (Å²) in [6.07, 6.45) is 2.06. The van der Waals surface area contributed by atoms with Crippen molar-refractivity contribution in [3.05, 3.63) is 11.9 Å². The standard InChI is InChI=1S/C7H10N4O/c8-3-1-4-11-5-2-6(9)10-7(11)12/h2H,1,4-5,9H2,(H,10,12). The molecule has 0 unspecified atom stereocenters. The van der Waals surface area contributed by atoms with Crippen LogP contribution in [0.25, 0.3) is 0 Å². The Morgan fingerprint density at radius 1 is 1.83 bits per heavy atom. The van der Waals surface area contributed by atoms with E-state index in [-0.39, 0.29) is 6.03 Å². The molecule has 1 rings (SSSR count). The molecule has 0 saturated heterocycles. The molecule has 12 heavy (non-hydrogen) atoms. The van der Waals surface area contributed by atoms with Crippen LogP contribution in [0.3, 0.4) is 0 Å². The maximum absolute atomic E-state index is 11.1. The van der Waals surface area contributed by atoms with E-state index < -0.39 is 0 Å². The SMILES string of the molecule is N#CCCN1CC=C(N)NC1=O. The largest absolute Gasteiger partial charge is 0.385 e. The Bertz CT molecular complexity index is 253. The minimum Gasteiger partial charge on any atom is -0.385 e. The first-order valence-electron chi connectivity index (χ1n) is 3.62. The van der Waals surface area contributed by atoms with Crippen molar-refractivity contribution in [2.45, 2.75) is 6.42 Å². The maximum Gasteiger partial charge on any atom is 0.323 e. The van der Waals surface area contributed by atoms with Crippen LogP contribution in [0.15, 0.2) is 11.9 Å². The Morgan fingerprint density at radius 3 is 3.17 bits per heavy atom. The number of amides is 2. The van der Waals surface area contributed by atoms with E-state index in [1.54, 1.807) is 6.08 Å². The van der Waals surface area contributed by atoms with E-state index in [0.29, 0.717) is 25.3 Å². The molecule has 0 aromatic rings. The van der Waals surface area contributed by atoms with E-state index in [1.165, 1.54) is 4.90 Å². The molecule has 64 valence electrons. The highest BCUT2D eigenvalue weighted by atomic mass is 16.2. The molecule has 0 saturated carbocycles. The van der Waals surface area contributed by atoms with Crippen LogP contribution >= 0.6 is 0 Å². The number of nitriles is 1. The Kier molecular flexibility index (Phi) is 2.53. The topological polar surface area (TPSA) is 82.2 Å². The predicted molar refractivity (Wildman–Crippen MR) is 42.6 cm³/mol. The number of carbonyl (C=O) groups is 1. The molecule has 2 amide bonds. The van der Waals surface area contributed by atoms with Crippen molar-refractivity contribution in [3.63, 3.8) is 0 Å². The summed E-state index contributed by atoms with van der Waals surface area (Å²) in [6.45, 7) is 0.936. The molecule has 0 bridgehead atoms. The number of carbonyl (C=O) groups excluding carboxylic acids is 1. The van der Waals surface area contributed by atoms with Crippen LogP contribution in [-0.4, -0.2) is 24.0 Å². The summed E-state index contributed by atoms with van der Waals surface area (Å²) in [5.74, 6) is 0.383. The third kappa shape index (κ3) is 1.89. The molecule has 0 aromatic carbocycles. The first kappa shape index (κ1) is 8.40. The van der Waals surface area contributed by atoms with Crippen molar-refractivity contribution >= 4 is 6.03 Å². The van der Waals surface area contributed by atoms with Gasteiger partial charge in [-0.15, -0.1) is 0 Å². The Hall–Kier alpha value is -1.70. The molecule has 0 aliphatic carbocycles. The minimum absolute atomic E-state index is 0.231. The fourth-order valence-corrected chi connectivity index (χ4v) is 0.923. The molecule has 0 radical (unpaired) electrons. The van der Waals surface area contributed by atoms with Gasteiger partial charge in [-0.05, 0) is 6.08 Å². The quantitative estimate of drug-likeness (QED) is 0.592. The first-order valence-corrected chi connectivity index (χ1v) is 3.62. The van der Waals surface area contributed by atoms with Gasteiger partial charge in [-0.3, -0.25) is 5.32 Å². The maximum atomic E-state index is 11.1. The average molecular weight is 166 g/mol. The number of hydrogen-bond acceptors (Lipinski definition) is 3. The number of hydrogen-bond donors (Lipinski definition) is 2. The van der Waals surface area contributed by atoms with E-state index in [9.17, 15) is 4.79 Å². The van der Waals surface area contributed by atoms with Crippen molar-refractivity contribution in [1.29, 1.82) is 5.26 Å². The van der Waals surface area contributed by atoms with Crippen LogP contribution in [0.5, 0.6) is 0 Å². The van der Waals surface area contributed by atoms with Crippen LogP contribution < -0.4 is 11.1 Å². The molecular weight excluding hydrogens is 156 g/mol. The highest BCUT2D eigenvalue weighted by molar-refractivity contribution is 5.77. The number of nitrogens with one attached hydrogen (secondary N) is 1. The van der Waals surface area contributed by atoms with Gasteiger partial charge in [0.2, 0.25) is 0 Å². The summed E-state index contributed by atoms with van der Waals surface area (Å²) in [7, 11) is 0. The van der Waals surface area contributed by atoms with Gasteiger partial charge >= 0.3 is 6.03 Å². The number of nitrogens with zero attached hydrogens (tertiary/aromatic N) is 2. The van der Waals surface area contributed by atoms with Crippen molar-refractivity contribution in [2.75, 3.05) is 13.1 Å². The highest BCUT2D eigenvalue weighted by Gasteiger charge is 2.15. The molecule has 0 fully saturated rings. The summed E-state index contributed by atoms with van der Waals surface area (Å²) in [4.78, 5) is 12.6. The summed E-state index contributed by atoms with van der Waals surface area (Å²) in [5.41, 5.74) is 5.35. The molecule has 5 heteroatoms. The zero-order valence-electron chi connectivity index (χ0n) is 6.58. The molecule has 1 aliphatic rings. The van der Waals surface area contributed by atoms with Gasteiger partial charge in [0.15, 0.2) is 0 Å². The molecule has 0 aromatic heterocycles. The van der Waals surface area contributed by atoms with Crippen LogP contribution in [0.2, 0.25) is 0 Å². The molecule has 0 spiro atoms. The average Bonchev–Trinajstić information content (AvgIpc) is 2.03. The molecule has 5 nitrogen and oxygen atoms in total. The predicted octanol–water partition coefficient (Wildman–Crippen LogP) is -0.275. The normalized spacial score (nSPS) is 16.4. The lowest BCUT2D eigenvalue weighted by atomic mass is 10.3. The van der Waals surface area contributed by atoms with Crippen molar-refractivity contribution < 1.29 is 4.79 Å². The first-order chi connectivity index (χ1) is 5.74. The van der Waals surface area contributed by atoms with E-state index in [0.717, 1.165) is 0 Å². The second-order valence-corrected chi connectivity index (χ2v) is 2.44. The molecule has 1 aliphatic heterocycles. The lowest BCUT2D eigenvalue weighted by molar-refractivity contribution is 0.203. The summed E-state index contributed by atoms with van der Waals surface area (Å²) < 4.78 is 0. The van der Waals surface area contributed by atoms with E-state index in [1.807, 2.05) is 6.07 Å². The van der Waals surface area contributed by atoms with E-state index in [2.05, 4.69) is 5.32 Å². The summed E-state index contributed by atoms with van der Waals surface area (Å²) >= 11 is 0. The second kappa shape index (κ2) is 3.62. The Morgan fingerprint density at radius 2 is 2.58 bits per heavy atom. The molecule has 0 atom stereocenters. The lowest BCUT2D eigenvalue weighted by Gasteiger charge is -2.24. The number of rotatable bonds is 2. The van der Waals surface area contributed by atoms with Crippen molar-refractivity contribution in [1.82, 2.24) is 10.2 Å². The van der Waals surface area contributed by atoms with E-state index in [4.69, 9.17) is 11.0 Å². The Labute approximate surface area is 70.4 Å². The van der Waals surface area contributed by atoms with Crippen molar-refractivity contribution in [3.8, 4) is 6.07 Å².